The summed E-state index contributed by atoms with van der Waals surface area (Å²) in [5, 5.41) is 8.69. The SMILES string of the molecule is CC/C(C1=CC2=C(CC1)C(C)(C)CCC2(C)C)=C(F)/C=C/C(C)=C(\F)C(=O)O. The van der Waals surface area contributed by atoms with Gasteiger partial charge in [-0.15, -0.1) is 0 Å². The Balaban J connectivity index is 2.46. The molecule has 2 aliphatic carbocycles. The lowest BCUT2D eigenvalue weighted by atomic mass is 9.60. The monoisotopic (exact) mass is 390 g/mol. The molecule has 0 amide bonds. The van der Waals surface area contributed by atoms with Crippen LogP contribution in [-0.4, -0.2) is 11.1 Å². The van der Waals surface area contributed by atoms with Gasteiger partial charge < -0.3 is 5.11 Å². The van der Waals surface area contributed by atoms with E-state index in [1.165, 1.54) is 30.2 Å². The molecule has 0 spiro atoms. The summed E-state index contributed by atoms with van der Waals surface area (Å²) in [6.45, 7) is 12.3. The van der Waals surface area contributed by atoms with Crippen molar-refractivity contribution >= 4 is 5.97 Å². The van der Waals surface area contributed by atoms with Gasteiger partial charge in [-0.05, 0) is 78.2 Å². The van der Waals surface area contributed by atoms with Gasteiger partial charge in [0, 0.05) is 0 Å². The van der Waals surface area contributed by atoms with Crippen molar-refractivity contribution in [3.05, 3.63) is 57.7 Å². The summed E-state index contributed by atoms with van der Waals surface area (Å²) < 4.78 is 28.3. The van der Waals surface area contributed by atoms with Crippen LogP contribution < -0.4 is 0 Å². The number of rotatable bonds is 5. The van der Waals surface area contributed by atoms with E-state index in [2.05, 4.69) is 33.8 Å². The van der Waals surface area contributed by atoms with Crippen LogP contribution in [0.15, 0.2) is 57.7 Å². The molecule has 0 aromatic rings. The third-order valence-corrected chi connectivity index (χ3v) is 6.25. The Bertz CT molecular complexity index is 818. The molecule has 28 heavy (non-hydrogen) atoms. The van der Waals surface area contributed by atoms with Crippen molar-refractivity contribution in [2.75, 3.05) is 0 Å². The average Bonchev–Trinajstić information content (AvgIpc) is 2.63. The molecular formula is C24H32F2O2. The van der Waals surface area contributed by atoms with Gasteiger partial charge in [-0.1, -0.05) is 52.3 Å². The van der Waals surface area contributed by atoms with Crippen LogP contribution >= 0.6 is 0 Å². The highest BCUT2D eigenvalue weighted by Crippen LogP contribution is 2.53. The van der Waals surface area contributed by atoms with Crippen LogP contribution in [0.25, 0.3) is 0 Å². The van der Waals surface area contributed by atoms with E-state index < -0.39 is 17.6 Å². The fourth-order valence-corrected chi connectivity index (χ4v) is 4.27. The first kappa shape index (κ1) is 22.3. The number of hydrogen-bond donors (Lipinski definition) is 1. The summed E-state index contributed by atoms with van der Waals surface area (Å²) in [6, 6.07) is 0. The Morgan fingerprint density at radius 2 is 1.71 bits per heavy atom. The number of carbonyl (C=O) groups is 1. The molecule has 0 fully saturated rings. The molecule has 0 atom stereocenters. The number of carboxylic acid groups (broad SMARTS) is 1. The number of allylic oxidation sites excluding steroid dienone is 9. The van der Waals surface area contributed by atoms with Gasteiger partial charge in [0.25, 0.3) is 0 Å². The van der Waals surface area contributed by atoms with Crippen LogP contribution in [-0.2, 0) is 4.79 Å². The molecule has 0 radical (unpaired) electrons. The largest absolute Gasteiger partial charge is 0.476 e. The van der Waals surface area contributed by atoms with Crippen LogP contribution in [0.2, 0.25) is 0 Å². The number of hydrogen-bond acceptors (Lipinski definition) is 1. The minimum atomic E-state index is -1.64. The molecule has 0 bridgehead atoms. The molecule has 0 unspecified atom stereocenters. The van der Waals surface area contributed by atoms with Gasteiger partial charge in [0.15, 0.2) is 0 Å². The molecule has 2 nitrogen and oxygen atoms in total. The van der Waals surface area contributed by atoms with Crippen molar-refractivity contribution in [2.24, 2.45) is 10.8 Å². The van der Waals surface area contributed by atoms with Gasteiger partial charge in [-0.2, -0.15) is 4.39 Å². The first-order chi connectivity index (χ1) is 12.9. The predicted molar refractivity (Wildman–Crippen MR) is 110 cm³/mol. The summed E-state index contributed by atoms with van der Waals surface area (Å²) in [4.78, 5) is 10.7. The Kier molecular flexibility index (Phi) is 6.52. The lowest BCUT2D eigenvalue weighted by molar-refractivity contribution is -0.134. The predicted octanol–water partition coefficient (Wildman–Crippen LogP) is 7.37. The zero-order chi connectivity index (χ0) is 21.3. The first-order valence-corrected chi connectivity index (χ1v) is 10.0. The molecule has 2 aliphatic rings. The second-order valence-electron chi connectivity index (χ2n) is 9.15. The highest BCUT2D eigenvalue weighted by Gasteiger charge is 2.39. The molecule has 0 saturated heterocycles. The fraction of sp³-hybridized carbons (Fsp3) is 0.542. The molecule has 2 rings (SSSR count). The molecule has 0 aliphatic heterocycles. The minimum absolute atomic E-state index is 0.0750. The highest BCUT2D eigenvalue weighted by molar-refractivity contribution is 5.85. The van der Waals surface area contributed by atoms with Gasteiger partial charge in [-0.3, -0.25) is 0 Å². The third kappa shape index (κ3) is 4.53. The maximum Gasteiger partial charge on any atom is 0.365 e. The molecule has 1 N–H and O–H groups in total. The van der Waals surface area contributed by atoms with Crippen molar-refractivity contribution in [2.45, 2.75) is 73.6 Å². The van der Waals surface area contributed by atoms with Crippen LogP contribution in [0.4, 0.5) is 8.78 Å². The van der Waals surface area contributed by atoms with E-state index in [0.29, 0.717) is 12.0 Å². The molecule has 0 saturated carbocycles. The number of halogens is 2. The van der Waals surface area contributed by atoms with E-state index in [1.807, 2.05) is 6.92 Å². The lowest BCUT2D eigenvalue weighted by Crippen LogP contribution is -2.32. The van der Waals surface area contributed by atoms with E-state index in [-0.39, 0.29) is 16.4 Å². The van der Waals surface area contributed by atoms with Gasteiger partial charge >= 0.3 is 5.97 Å². The average molecular weight is 391 g/mol. The minimum Gasteiger partial charge on any atom is -0.476 e. The van der Waals surface area contributed by atoms with Crippen LogP contribution in [0.5, 0.6) is 0 Å². The standard InChI is InChI=1S/C24H32F2O2/c1-7-17(20(25)11-8-15(2)21(26)22(27)28)16-9-10-18-19(14-16)24(5,6)13-12-23(18,3)4/h8,11,14H,7,9-10,12-13H2,1-6H3,(H,27,28)/b11-8+,20-17+,21-15-. The Morgan fingerprint density at radius 3 is 2.29 bits per heavy atom. The van der Waals surface area contributed by atoms with Crippen molar-refractivity contribution in [1.82, 2.24) is 0 Å². The zero-order valence-electron chi connectivity index (χ0n) is 17.9. The van der Waals surface area contributed by atoms with Crippen molar-refractivity contribution < 1.29 is 18.7 Å². The zero-order valence-corrected chi connectivity index (χ0v) is 17.9. The van der Waals surface area contributed by atoms with E-state index in [0.717, 1.165) is 31.3 Å². The molecule has 4 heteroatoms. The van der Waals surface area contributed by atoms with Crippen molar-refractivity contribution in [1.29, 1.82) is 0 Å². The van der Waals surface area contributed by atoms with Crippen molar-refractivity contribution in [3.63, 3.8) is 0 Å². The van der Waals surface area contributed by atoms with E-state index in [1.54, 1.807) is 0 Å². The normalized spacial score (nSPS) is 23.1. The van der Waals surface area contributed by atoms with E-state index in [4.69, 9.17) is 5.11 Å². The highest BCUT2D eigenvalue weighted by atomic mass is 19.1. The van der Waals surface area contributed by atoms with Crippen LogP contribution in [0.3, 0.4) is 0 Å². The van der Waals surface area contributed by atoms with Gasteiger partial charge in [0.05, 0.1) is 0 Å². The third-order valence-electron chi connectivity index (χ3n) is 6.25. The molecule has 0 aromatic carbocycles. The van der Waals surface area contributed by atoms with Gasteiger partial charge in [0.1, 0.15) is 5.83 Å². The maximum absolute atomic E-state index is 14.9. The van der Waals surface area contributed by atoms with Crippen LogP contribution in [0.1, 0.15) is 73.6 Å². The van der Waals surface area contributed by atoms with E-state index in [9.17, 15) is 13.6 Å². The Hall–Kier alpha value is -1.97. The quantitative estimate of drug-likeness (QED) is 0.393. The summed E-state index contributed by atoms with van der Waals surface area (Å²) in [7, 11) is 0. The number of aliphatic carboxylic acids is 1. The van der Waals surface area contributed by atoms with Gasteiger partial charge in [0.2, 0.25) is 5.83 Å². The molecule has 0 aromatic heterocycles. The smallest absolute Gasteiger partial charge is 0.365 e. The van der Waals surface area contributed by atoms with Crippen LogP contribution in [0, 0.1) is 10.8 Å². The van der Waals surface area contributed by atoms with E-state index >= 15 is 0 Å². The van der Waals surface area contributed by atoms with Gasteiger partial charge in [-0.25, -0.2) is 9.18 Å². The summed E-state index contributed by atoms with van der Waals surface area (Å²) >= 11 is 0. The first-order valence-electron chi connectivity index (χ1n) is 10.0. The second kappa shape index (κ2) is 8.18. The molecule has 154 valence electrons. The number of carboxylic acids is 1. The second-order valence-corrected chi connectivity index (χ2v) is 9.15. The fourth-order valence-electron chi connectivity index (χ4n) is 4.27. The Morgan fingerprint density at radius 1 is 1.11 bits per heavy atom. The summed E-state index contributed by atoms with van der Waals surface area (Å²) in [5.41, 5.74) is 4.58. The van der Waals surface area contributed by atoms with Crippen molar-refractivity contribution in [3.8, 4) is 0 Å². The topological polar surface area (TPSA) is 37.3 Å². The summed E-state index contributed by atoms with van der Waals surface area (Å²) in [5.74, 6) is -3.33. The lowest BCUT2D eigenvalue weighted by Gasteiger charge is -2.45. The summed E-state index contributed by atoms with van der Waals surface area (Å²) in [6.07, 6.45) is 9.06. The maximum atomic E-state index is 14.9. The molecular weight excluding hydrogens is 358 g/mol. The Labute approximate surface area is 167 Å². The molecule has 0 heterocycles.